The van der Waals surface area contributed by atoms with Gasteiger partial charge in [0.2, 0.25) is 5.91 Å². The molecule has 0 aromatic rings. The number of hydrogen-bond acceptors (Lipinski definition) is 3. The molecule has 4 heteroatoms. The summed E-state index contributed by atoms with van der Waals surface area (Å²) in [6.45, 7) is 4.70. The number of β-amino-alcohol motifs (C(OH)–C–C–N with tert-alkyl or cyclic N) is 1. The van der Waals surface area contributed by atoms with Gasteiger partial charge in [-0.1, -0.05) is 6.08 Å². The number of nitrogens with zero attached hydrogens (tertiary/aromatic N) is 2. The lowest BCUT2D eigenvalue weighted by Crippen LogP contribution is -2.39. The zero-order valence-corrected chi connectivity index (χ0v) is 10.6. The zero-order chi connectivity index (χ0) is 12.3. The van der Waals surface area contributed by atoms with E-state index >= 15 is 0 Å². The van der Waals surface area contributed by atoms with Crippen molar-refractivity contribution in [2.75, 3.05) is 26.2 Å². The quantitative estimate of drug-likeness (QED) is 0.793. The van der Waals surface area contributed by atoms with Crippen molar-refractivity contribution in [3.63, 3.8) is 0 Å². The van der Waals surface area contributed by atoms with Gasteiger partial charge >= 0.3 is 0 Å². The fourth-order valence-electron chi connectivity index (χ4n) is 2.67. The first-order valence-electron chi connectivity index (χ1n) is 6.60. The Kier molecular flexibility index (Phi) is 4.18. The molecular formula is C13H22N2O2. The van der Waals surface area contributed by atoms with E-state index < -0.39 is 0 Å². The molecule has 0 bridgehead atoms. The summed E-state index contributed by atoms with van der Waals surface area (Å²) in [5, 5.41) is 9.44. The van der Waals surface area contributed by atoms with Gasteiger partial charge in [-0.3, -0.25) is 9.69 Å². The molecule has 2 rings (SSSR count). The van der Waals surface area contributed by atoms with Crippen molar-refractivity contribution in [1.82, 2.24) is 9.80 Å². The maximum Gasteiger partial charge on any atom is 0.240 e. The Labute approximate surface area is 103 Å². The first-order valence-corrected chi connectivity index (χ1v) is 6.60. The van der Waals surface area contributed by atoms with Crippen LogP contribution in [0.2, 0.25) is 0 Å². The van der Waals surface area contributed by atoms with Crippen LogP contribution in [0.25, 0.3) is 0 Å². The minimum Gasteiger partial charge on any atom is -0.392 e. The molecule has 0 radical (unpaired) electrons. The lowest BCUT2D eigenvalue weighted by molar-refractivity contribution is -0.130. The molecule has 96 valence electrons. The van der Waals surface area contributed by atoms with Gasteiger partial charge in [0.15, 0.2) is 0 Å². The Morgan fingerprint density at radius 3 is 3.00 bits per heavy atom. The Bertz CT molecular complexity index is 315. The molecule has 1 fully saturated rings. The highest BCUT2D eigenvalue weighted by Crippen LogP contribution is 2.21. The molecule has 17 heavy (non-hydrogen) atoms. The average molecular weight is 238 g/mol. The van der Waals surface area contributed by atoms with Crippen molar-refractivity contribution >= 4 is 5.91 Å². The average Bonchev–Trinajstić information content (AvgIpc) is 2.92. The molecule has 1 N–H and O–H groups in total. The normalized spacial score (nSPS) is 25.1. The van der Waals surface area contributed by atoms with Crippen LogP contribution in [-0.2, 0) is 4.79 Å². The summed E-state index contributed by atoms with van der Waals surface area (Å²) >= 11 is 0. The standard InChI is InChI=1S/C13H22N2O2/c1-2-15(11-5-3-4-6-11)13(17)10-14-8-7-12(16)9-14/h5,12,16H,2-4,6-10H2,1H3/t12-/m0/s1. The summed E-state index contributed by atoms with van der Waals surface area (Å²) in [5.41, 5.74) is 1.19. The third-order valence-electron chi connectivity index (χ3n) is 3.59. The molecule has 1 heterocycles. The van der Waals surface area contributed by atoms with Gasteiger partial charge < -0.3 is 10.0 Å². The predicted octanol–water partition coefficient (Wildman–Crippen LogP) is 0.969. The Morgan fingerprint density at radius 2 is 2.47 bits per heavy atom. The topological polar surface area (TPSA) is 43.8 Å². The van der Waals surface area contributed by atoms with E-state index in [0.717, 1.165) is 32.4 Å². The highest BCUT2D eigenvalue weighted by molar-refractivity contribution is 5.80. The molecule has 0 unspecified atom stereocenters. The number of aliphatic hydroxyl groups excluding tert-OH is 1. The van der Waals surface area contributed by atoms with Crippen LogP contribution in [0.15, 0.2) is 11.8 Å². The summed E-state index contributed by atoms with van der Waals surface area (Å²) < 4.78 is 0. The van der Waals surface area contributed by atoms with Crippen LogP contribution in [0.5, 0.6) is 0 Å². The van der Waals surface area contributed by atoms with E-state index in [-0.39, 0.29) is 12.0 Å². The first-order chi connectivity index (χ1) is 8.20. The zero-order valence-electron chi connectivity index (χ0n) is 10.6. The maximum absolute atomic E-state index is 12.2. The summed E-state index contributed by atoms with van der Waals surface area (Å²) in [5.74, 6) is 0.176. The largest absolute Gasteiger partial charge is 0.392 e. The molecule has 1 saturated heterocycles. The van der Waals surface area contributed by atoms with Crippen LogP contribution in [0, 0.1) is 0 Å². The second-order valence-corrected chi connectivity index (χ2v) is 4.90. The number of carbonyl (C=O) groups excluding carboxylic acids is 1. The highest BCUT2D eigenvalue weighted by Gasteiger charge is 2.25. The number of aliphatic hydroxyl groups is 1. The number of hydrogen-bond donors (Lipinski definition) is 1. The minimum atomic E-state index is -0.247. The van der Waals surface area contributed by atoms with Crippen molar-refractivity contribution in [2.45, 2.75) is 38.7 Å². The van der Waals surface area contributed by atoms with Crippen molar-refractivity contribution in [3.05, 3.63) is 11.8 Å². The summed E-state index contributed by atoms with van der Waals surface area (Å²) in [6, 6.07) is 0. The molecule has 1 amide bonds. The Morgan fingerprint density at radius 1 is 1.65 bits per heavy atom. The van der Waals surface area contributed by atoms with Gasteiger partial charge in [0.05, 0.1) is 12.6 Å². The van der Waals surface area contributed by atoms with Crippen molar-refractivity contribution in [1.29, 1.82) is 0 Å². The molecule has 2 aliphatic rings. The van der Waals surface area contributed by atoms with E-state index in [9.17, 15) is 9.90 Å². The summed E-state index contributed by atoms with van der Waals surface area (Å²) in [7, 11) is 0. The molecule has 0 saturated carbocycles. The SMILES string of the molecule is CCN(C(=O)CN1CC[C@H](O)C1)C1=CCCC1. The van der Waals surface area contributed by atoms with Crippen LogP contribution in [0.4, 0.5) is 0 Å². The number of likely N-dealkylation sites (N-methyl/N-ethyl adjacent to an activating group) is 1. The molecule has 1 atom stereocenters. The smallest absolute Gasteiger partial charge is 0.240 e. The molecule has 4 nitrogen and oxygen atoms in total. The predicted molar refractivity (Wildman–Crippen MR) is 66.4 cm³/mol. The second-order valence-electron chi connectivity index (χ2n) is 4.90. The number of likely N-dealkylation sites (tertiary alicyclic amines) is 1. The summed E-state index contributed by atoms with van der Waals surface area (Å²) in [6.07, 6.45) is 6.02. The molecule has 1 aliphatic carbocycles. The fourth-order valence-corrected chi connectivity index (χ4v) is 2.67. The third-order valence-corrected chi connectivity index (χ3v) is 3.59. The maximum atomic E-state index is 12.2. The monoisotopic (exact) mass is 238 g/mol. The van der Waals surface area contributed by atoms with Gasteiger partial charge in [0.1, 0.15) is 0 Å². The van der Waals surface area contributed by atoms with E-state index in [0.29, 0.717) is 13.1 Å². The lowest BCUT2D eigenvalue weighted by atomic mass is 10.3. The van der Waals surface area contributed by atoms with E-state index in [2.05, 4.69) is 6.08 Å². The molecule has 0 aromatic carbocycles. The number of amides is 1. The first kappa shape index (κ1) is 12.6. The van der Waals surface area contributed by atoms with Crippen LogP contribution < -0.4 is 0 Å². The molecule has 0 spiro atoms. The Balaban J connectivity index is 1.89. The van der Waals surface area contributed by atoms with Gasteiger partial charge in [0, 0.05) is 25.3 Å². The molecular weight excluding hydrogens is 216 g/mol. The highest BCUT2D eigenvalue weighted by atomic mass is 16.3. The van der Waals surface area contributed by atoms with Gasteiger partial charge in [-0.2, -0.15) is 0 Å². The van der Waals surface area contributed by atoms with Crippen LogP contribution in [0.1, 0.15) is 32.6 Å². The fraction of sp³-hybridized carbons (Fsp3) is 0.769. The minimum absolute atomic E-state index is 0.176. The van der Waals surface area contributed by atoms with Gasteiger partial charge in [-0.15, -0.1) is 0 Å². The second kappa shape index (κ2) is 5.65. The van der Waals surface area contributed by atoms with Crippen molar-refractivity contribution < 1.29 is 9.90 Å². The van der Waals surface area contributed by atoms with Crippen molar-refractivity contribution in [3.8, 4) is 0 Å². The van der Waals surface area contributed by atoms with Crippen LogP contribution in [-0.4, -0.2) is 53.1 Å². The molecule has 0 aromatic heterocycles. The van der Waals surface area contributed by atoms with Gasteiger partial charge in [0.25, 0.3) is 0 Å². The van der Waals surface area contributed by atoms with Gasteiger partial charge in [-0.25, -0.2) is 0 Å². The van der Waals surface area contributed by atoms with E-state index in [4.69, 9.17) is 0 Å². The Hall–Kier alpha value is -0.870. The van der Waals surface area contributed by atoms with E-state index in [1.165, 1.54) is 12.1 Å². The number of rotatable bonds is 4. The number of carbonyl (C=O) groups is 1. The lowest BCUT2D eigenvalue weighted by Gasteiger charge is -2.25. The number of allylic oxidation sites excluding steroid dienone is 2. The third kappa shape index (κ3) is 3.07. The van der Waals surface area contributed by atoms with Crippen molar-refractivity contribution in [2.24, 2.45) is 0 Å². The van der Waals surface area contributed by atoms with Gasteiger partial charge in [-0.05, 0) is 32.6 Å². The van der Waals surface area contributed by atoms with E-state index in [1.54, 1.807) is 0 Å². The van der Waals surface area contributed by atoms with E-state index in [1.807, 2.05) is 16.7 Å². The molecule has 1 aliphatic heterocycles. The van der Waals surface area contributed by atoms with Crippen LogP contribution in [0.3, 0.4) is 0 Å². The van der Waals surface area contributed by atoms with Crippen LogP contribution >= 0.6 is 0 Å². The summed E-state index contributed by atoms with van der Waals surface area (Å²) in [4.78, 5) is 16.1.